The standard InChI is InChI=1S/C21H24N2O4.ClH.Co.2H2O/c1-21(23-13-15-6-8-17(25)11-19(15)27)9-3-2-4-20(21)22-12-14-5-7-16(24)10-18(14)26;;;;/h5-8,10-13,20,24-27H,2-4,9H2,1H3;1H;;2*1H2. The van der Waals surface area contributed by atoms with Crippen LogP contribution in [0.25, 0.3) is 0 Å². The average Bonchev–Trinajstić information content (AvgIpc) is 2.61. The van der Waals surface area contributed by atoms with Crippen molar-refractivity contribution >= 4 is 24.8 Å². The van der Waals surface area contributed by atoms with E-state index in [4.69, 9.17) is 4.99 Å². The Bertz CT molecular complexity index is 896. The fraction of sp³-hybridized carbons (Fsp3) is 0.333. The van der Waals surface area contributed by atoms with Gasteiger partial charge in [0.2, 0.25) is 0 Å². The van der Waals surface area contributed by atoms with Crippen LogP contribution in [0.2, 0.25) is 0 Å². The molecule has 31 heavy (non-hydrogen) atoms. The van der Waals surface area contributed by atoms with E-state index in [2.05, 4.69) is 4.99 Å². The summed E-state index contributed by atoms with van der Waals surface area (Å²) in [6.07, 6.45) is 7.10. The van der Waals surface area contributed by atoms with Crippen molar-refractivity contribution in [1.29, 1.82) is 0 Å². The molecule has 8 nitrogen and oxygen atoms in total. The summed E-state index contributed by atoms with van der Waals surface area (Å²) < 4.78 is 0. The van der Waals surface area contributed by atoms with Crippen LogP contribution in [0.3, 0.4) is 0 Å². The Kier molecular flexibility index (Phi) is 13.1. The van der Waals surface area contributed by atoms with Crippen LogP contribution < -0.4 is 0 Å². The second-order valence-electron chi connectivity index (χ2n) is 7.14. The molecule has 1 radical (unpaired) electrons. The van der Waals surface area contributed by atoms with Crippen molar-refractivity contribution in [2.24, 2.45) is 9.98 Å². The van der Waals surface area contributed by atoms with E-state index in [-0.39, 0.29) is 69.2 Å². The van der Waals surface area contributed by atoms with Gasteiger partial charge in [0.1, 0.15) is 23.0 Å². The van der Waals surface area contributed by atoms with E-state index in [0.717, 1.165) is 25.7 Å². The molecule has 0 spiro atoms. The summed E-state index contributed by atoms with van der Waals surface area (Å²) in [5.41, 5.74) is 0.658. The van der Waals surface area contributed by atoms with Gasteiger partial charge in [0.15, 0.2) is 0 Å². The number of hydrogen-bond acceptors (Lipinski definition) is 6. The number of aromatic hydroxyl groups is 4. The Morgan fingerprint density at radius 1 is 0.871 bits per heavy atom. The van der Waals surface area contributed by atoms with Crippen LogP contribution in [0.15, 0.2) is 46.4 Å². The fourth-order valence-corrected chi connectivity index (χ4v) is 3.35. The van der Waals surface area contributed by atoms with E-state index in [9.17, 15) is 20.4 Å². The molecule has 2 aromatic rings. The first-order valence-electron chi connectivity index (χ1n) is 9.00. The molecule has 175 valence electrons. The second kappa shape index (κ2) is 13.2. The molecule has 1 aliphatic carbocycles. The van der Waals surface area contributed by atoms with Gasteiger partial charge in [-0.25, -0.2) is 0 Å². The molecule has 3 rings (SSSR count). The van der Waals surface area contributed by atoms with Gasteiger partial charge >= 0.3 is 0 Å². The minimum atomic E-state index is -0.425. The van der Waals surface area contributed by atoms with E-state index in [0.29, 0.717) is 11.1 Å². The average molecular weight is 500 g/mol. The van der Waals surface area contributed by atoms with Crippen molar-refractivity contribution in [3.8, 4) is 23.0 Å². The molecule has 0 bridgehead atoms. The zero-order valence-corrected chi connectivity index (χ0v) is 18.8. The van der Waals surface area contributed by atoms with Gasteiger partial charge < -0.3 is 31.4 Å². The Labute approximate surface area is 197 Å². The van der Waals surface area contributed by atoms with Crippen molar-refractivity contribution in [2.45, 2.75) is 44.2 Å². The predicted molar refractivity (Wildman–Crippen MR) is 120 cm³/mol. The number of hydrogen-bond donors (Lipinski definition) is 4. The molecule has 1 fully saturated rings. The van der Waals surface area contributed by atoms with Crippen LogP contribution in [0.1, 0.15) is 43.7 Å². The molecular weight excluding hydrogens is 471 g/mol. The quantitative estimate of drug-likeness (QED) is 0.474. The van der Waals surface area contributed by atoms with E-state index in [1.807, 2.05) is 6.92 Å². The first-order valence-corrected chi connectivity index (χ1v) is 9.00. The van der Waals surface area contributed by atoms with E-state index >= 15 is 0 Å². The molecule has 1 saturated carbocycles. The molecule has 10 heteroatoms. The number of halogens is 1. The third kappa shape index (κ3) is 7.71. The maximum atomic E-state index is 9.95. The topological polar surface area (TPSA) is 169 Å². The van der Waals surface area contributed by atoms with Crippen LogP contribution in [-0.4, -0.2) is 55.4 Å². The number of benzene rings is 2. The molecule has 2 aromatic carbocycles. The summed E-state index contributed by atoms with van der Waals surface area (Å²) >= 11 is 0. The van der Waals surface area contributed by atoms with Crippen molar-refractivity contribution < 1.29 is 48.2 Å². The monoisotopic (exact) mass is 499 g/mol. The third-order valence-electron chi connectivity index (χ3n) is 5.05. The zero-order valence-electron chi connectivity index (χ0n) is 16.9. The van der Waals surface area contributed by atoms with Crippen LogP contribution in [0, 0.1) is 0 Å². The summed E-state index contributed by atoms with van der Waals surface area (Å²) in [7, 11) is 0. The molecule has 0 amide bonds. The van der Waals surface area contributed by atoms with Gasteiger partial charge in [0.05, 0.1) is 11.6 Å². The summed E-state index contributed by atoms with van der Waals surface area (Å²) in [6.45, 7) is 2.04. The van der Waals surface area contributed by atoms with Crippen LogP contribution in [-0.2, 0) is 16.8 Å². The molecular formula is C21H29ClCoN2O6. The molecule has 0 heterocycles. The van der Waals surface area contributed by atoms with Gasteiger partial charge in [-0.2, -0.15) is 0 Å². The predicted octanol–water partition coefficient (Wildman–Crippen LogP) is 2.52. The van der Waals surface area contributed by atoms with Gasteiger partial charge in [-0.1, -0.05) is 12.8 Å². The molecule has 1 aliphatic rings. The van der Waals surface area contributed by atoms with Crippen molar-refractivity contribution in [3.05, 3.63) is 47.5 Å². The molecule has 0 aromatic heterocycles. The first-order chi connectivity index (χ1) is 12.9. The van der Waals surface area contributed by atoms with Crippen LogP contribution in [0.4, 0.5) is 0 Å². The van der Waals surface area contributed by atoms with Gasteiger partial charge in [0, 0.05) is 52.5 Å². The minimum absolute atomic E-state index is 0. The largest absolute Gasteiger partial charge is 0.508 e. The Morgan fingerprint density at radius 3 is 1.90 bits per heavy atom. The SMILES string of the molecule is CC1(N=Cc2ccc(O)cc2O)CCCCC1N=Cc1ccc(O)cc1O.Cl.O.O.[Co]. The van der Waals surface area contributed by atoms with Crippen molar-refractivity contribution in [1.82, 2.24) is 0 Å². The second-order valence-corrected chi connectivity index (χ2v) is 7.14. The summed E-state index contributed by atoms with van der Waals surface area (Å²) in [6, 6.07) is 8.76. The van der Waals surface area contributed by atoms with Crippen LogP contribution in [0.5, 0.6) is 23.0 Å². The number of phenolic OH excluding ortho intramolecular Hbond substituents is 4. The first kappa shape index (κ1) is 30.9. The Balaban J connectivity index is 0. The normalized spacial score (nSPS) is 20.2. The van der Waals surface area contributed by atoms with Gasteiger partial charge in [-0.15, -0.1) is 12.4 Å². The van der Waals surface area contributed by atoms with Gasteiger partial charge in [-0.05, 0) is 44.0 Å². The fourth-order valence-electron chi connectivity index (χ4n) is 3.35. The van der Waals surface area contributed by atoms with Crippen molar-refractivity contribution in [2.75, 3.05) is 0 Å². The Hall–Kier alpha value is -2.30. The summed E-state index contributed by atoms with van der Waals surface area (Å²) in [4.78, 5) is 9.39. The molecule has 0 aliphatic heterocycles. The summed E-state index contributed by atoms with van der Waals surface area (Å²) in [5.74, 6) is -0.0313. The van der Waals surface area contributed by atoms with E-state index in [1.165, 1.54) is 24.3 Å². The minimum Gasteiger partial charge on any atom is -0.508 e. The number of aliphatic imine (C=N–C) groups is 2. The van der Waals surface area contributed by atoms with Gasteiger partial charge in [0.25, 0.3) is 0 Å². The zero-order chi connectivity index (χ0) is 19.4. The smallest absolute Gasteiger partial charge is 0.128 e. The summed E-state index contributed by atoms with van der Waals surface area (Å²) in [5, 5.41) is 38.7. The van der Waals surface area contributed by atoms with E-state index < -0.39 is 5.54 Å². The van der Waals surface area contributed by atoms with Crippen LogP contribution >= 0.6 is 12.4 Å². The number of rotatable bonds is 4. The molecule has 0 saturated heterocycles. The molecule has 8 N–H and O–H groups in total. The van der Waals surface area contributed by atoms with E-state index in [1.54, 1.807) is 24.6 Å². The maximum Gasteiger partial charge on any atom is 0.128 e. The maximum absolute atomic E-state index is 9.95. The number of phenols is 4. The van der Waals surface area contributed by atoms with Crippen molar-refractivity contribution in [3.63, 3.8) is 0 Å². The number of nitrogens with zero attached hydrogens (tertiary/aromatic N) is 2. The van der Waals surface area contributed by atoms with Gasteiger partial charge in [-0.3, -0.25) is 9.98 Å². The molecule has 2 unspecified atom stereocenters. The Morgan fingerprint density at radius 2 is 1.39 bits per heavy atom. The molecule has 2 atom stereocenters. The third-order valence-corrected chi connectivity index (χ3v) is 5.05.